The highest BCUT2D eigenvalue weighted by Gasteiger charge is 2.22. The largest absolute Gasteiger partial charge is 0.336 e. The van der Waals surface area contributed by atoms with Crippen LogP contribution in [-0.4, -0.2) is 23.4 Å². The Labute approximate surface area is 116 Å². The van der Waals surface area contributed by atoms with Crippen LogP contribution in [0.3, 0.4) is 0 Å². The number of hydrogen-bond donors (Lipinski definition) is 0. The van der Waals surface area contributed by atoms with E-state index in [4.69, 9.17) is 0 Å². The molecule has 100 valence electrons. The second kappa shape index (κ2) is 6.32. The number of hydrogen-bond acceptors (Lipinski definition) is 1. The van der Waals surface area contributed by atoms with Crippen LogP contribution >= 0.6 is 15.9 Å². The van der Waals surface area contributed by atoms with Gasteiger partial charge >= 0.3 is 0 Å². The molecule has 0 aliphatic heterocycles. The molecule has 1 amide bonds. The fraction of sp³-hybridized carbons (Fsp3) is 0.500. The summed E-state index contributed by atoms with van der Waals surface area (Å²) >= 11 is 3.26. The van der Waals surface area contributed by atoms with Crippen molar-refractivity contribution >= 4 is 21.8 Å². The van der Waals surface area contributed by atoms with Crippen molar-refractivity contribution in [2.75, 3.05) is 6.54 Å². The SMILES string of the molecule is CC(C)CN(C(=O)c1cc(Br)ccc1F)C(C)C. The fourth-order valence-electron chi connectivity index (χ4n) is 1.74. The molecule has 0 aliphatic rings. The molecule has 0 unspecified atom stereocenters. The number of benzene rings is 1. The lowest BCUT2D eigenvalue weighted by atomic mass is 10.1. The van der Waals surface area contributed by atoms with E-state index < -0.39 is 5.82 Å². The van der Waals surface area contributed by atoms with Crippen molar-refractivity contribution < 1.29 is 9.18 Å². The van der Waals surface area contributed by atoms with Gasteiger partial charge in [0.1, 0.15) is 5.82 Å². The Morgan fingerprint density at radius 3 is 2.44 bits per heavy atom. The van der Waals surface area contributed by atoms with Gasteiger partial charge in [0.25, 0.3) is 5.91 Å². The summed E-state index contributed by atoms with van der Waals surface area (Å²) in [5.41, 5.74) is 0.124. The molecule has 2 nitrogen and oxygen atoms in total. The van der Waals surface area contributed by atoms with E-state index in [1.807, 2.05) is 27.7 Å². The highest BCUT2D eigenvalue weighted by atomic mass is 79.9. The van der Waals surface area contributed by atoms with Crippen LogP contribution in [0.25, 0.3) is 0 Å². The van der Waals surface area contributed by atoms with Crippen molar-refractivity contribution in [2.45, 2.75) is 33.7 Å². The standard InChI is InChI=1S/C14H19BrFNO/c1-9(2)8-17(10(3)4)14(18)12-7-11(15)5-6-13(12)16/h5-7,9-10H,8H2,1-4H3. The third kappa shape index (κ3) is 3.80. The topological polar surface area (TPSA) is 20.3 Å². The van der Waals surface area contributed by atoms with E-state index in [0.717, 1.165) is 0 Å². The zero-order valence-electron chi connectivity index (χ0n) is 11.2. The van der Waals surface area contributed by atoms with Crippen LogP contribution in [0.15, 0.2) is 22.7 Å². The summed E-state index contributed by atoms with van der Waals surface area (Å²) in [7, 11) is 0. The summed E-state index contributed by atoms with van der Waals surface area (Å²) in [6.45, 7) is 8.59. The zero-order chi connectivity index (χ0) is 13.9. The van der Waals surface area contributed by atoms with Crippen LogP contribution < -0.4 is 0 Å². The molecule has 0 atom stereocenters. The van der Waals surface area contributed by atoms with E-state index in [9.17, 15) is 9.18 Å². The van der Waals surface area contributed by atoms with Crippen molar-refractivity contribution in [3.05, 3.63) is 34.1 Å². The van der Waals surface area contributed by atoms with Crippen LogP contribution in [0.2, 0.25) is 0 Å². The van der Waals surface area contributed by atoms with Gasteiger partial charge in [-0.05, 0) is 38.0 Å². The van der Waals surface area contributed by atoms with Crippen LogP contribution in [0, 0.1) is 11.7 Å². The summed E-state index contributed by atoms with van der Waals surface area (Å²) in [5.74, 6) is -0.373. The highest BCUT2D eigenvalue weighted by molar-refractivity contribution is 9.10. The van der Waals surface area contributed by atoms with Crippen molar-refractivity contribution in [2.24, 2.45) is 5.92 Å². The van der Waals surface area contributed by atoms with Crippen LogP contribution in [0.5, 0.6) is 0 Å². The Balaban J connectivity index is 3.05. The van der Waals surface area contributed by atoms with Crippen molar-refractivity contribution in [1.82, 2.24) is 4.90 Å². The second-order valence-corrected chi connectivity index (χ2v) is 5.98. The first-order chi connectivity index (χ1) is 8.32. The minimum absolute atomic E-state index is 0.0540. The Morgan fingerprint density at radius 1 is 1.33 bits per heavy atom. The zero-order valence-corrected chi connectivity index (χ0v) is 12.8. The van der Waals surface area contributed by atoms with Gasteiger partial charge in [-0.1, -0.05) is 29.8 Å². The Bertz CT molecular complexity index is 432. The van der Waals surface area contributed by atoms with Crippen molar-refractivity contribution in [3.63, 3.8) is 0 Å². The van der Waals surface area contributed by atoms with Gasteiger partial charge in [0.05, 0.1) is 5.56 Å². The van der Waals surface area contributed by atoms with E-state index in [1.165, 1.54) is 12.1 Å². The quantitative estimate of drug-likeness (QED) is 0.819. The van der Waals surface area contributed by atoms with E-state index in [2.05, 4.69) is 15.9 Å². The molecule has 0 bridgehead atoms. The summed E-state index contributed by atoms with van der Waals surface area (Å²) in [6, 6.07) is 4.49. The van der Waals surface area contributed by atoms with E-state index in [-0.39, 0.29) is 17.5 Å². The molecule has 0 saturated carbocycles. The van der Waals surface area contributed by atoms with Crippen LogP contribution in [-0.2, 0) is 0 Å². The molecule has 1 aromatic rings. The lowest BCUT2D eigenvalue weighted by Gasteiger charge is -2.28. The molecule has 0 saturated heterocycles. The number of amides is 1. The monoisotopic (exact) mass is 315 g/mol. The third-order valence-electron chi connectivity index (χ3n) is 2.60. The Hall–Kier alpha value is -0.900. The Morgan fingerprint density at radius 2 is 1.94 bits per heavy atom. The number of nitrogens with zero attached hydrogens (tertiary/aromatic N) is 1. The predicted octanol–water partition coefficient (Wildman–Crippen LogP) is 4.09. The molecule has 0 radical (unpaired) electrons. The summed E-state index contributed by atoms with van der Waals surface area (Å²) in [6.07, 6.45) is 0. The lowest BCUT2D eigenvalue weighted by Crippen LogP contribution is -2.39. The highest BCUT2D eigenvalue weighted by Crippen LogP contribution is 2.19. The number of carbonyl (C=O) groups is 1. The molecular weight excluding hydrogens is 297 g/mol. The maximum Gasteiger partial charge on any atom is 0.257 e. The molecule has 0 aromatic heterocycles. The summed E-state index contributed by atoms with van der Waals surface area (Å²) in [5, 5.41) is 0. The number of halogens is 2. The molecule has 0 fully saturated rings. The van der Waals surface area contributed by atoms with Gasteiger partial charge in [0, 0.05) is 17.1 Å². The maximum atomic E-state index is 13.7. The number of rotatable bonds is 4. The lowest BCUT2D eigenvalue weighted by molar-refractivity contribution is 0.0677. The molecular formula is C14H19BrFNO. The summed E-state index contributed by atoms with van der Waals surface area (Å²) in [4.78, 5) is 14.1. The van der Waals surface area contributed by atoms with Crippen LogP contribution in [0.1, 0.15) is 38.1 Å². The minimum Gasteiger partial charge on any atom is -0.336 e. The summed E-state index contributed by atoms with van der Waals surface area (Å²) < 4.78 is 14.4. The molecule has 0 heterocycles. The van der Waals surface area contributed by atoms with Gasteiger partial charge in [-0.15, -0.1) is 0 Å². The van der Waals surface area contributed by atoms with E-state index in [1.54, 1.807) is 11.0 Å². The molecule has 4 heteroatoms. The van der Waals surface area contributed by atoms with E-state index in [0.29, 0.717) is 16.9 Å². The van der Waals surface area contributed by atoms with Gasteiger partial charge in [-0.3, -0.25) is 4.79 Å². The second-order valence-electron chi connectivity index (χ2n) is 5.07. The average Bonchev–Trinajstić information content (AvgIpc) is 2.27. The van der Waals surface area contributed by atoms with E-state index >= 15 is 0 Å². The predicted molar refractivity (Wildman–Crippen MR) is 75.1 cm³/mol. The molecule has 0 aliphatic carbocycles. The van der Waals surface area contributed by atoms with Gasteiger partial charge in [-0.2, -0.15) is 0 Å². The molecule has 1 rings (SSSR count). The van der Waals surface area contributed by atoms with Gasteiger partial charge in [0.15, 0.2) is 0 Å². The van der Waals surface area contributed by atoms with Crippen molar-refractivity contribution in [1.29, 1.82) is 0 Å². The van der Waals surface area contributed by atoms with Gasteiger partial charge < -0.3 is 4.90 Å². The maximum absolute atomic E-state index is 13.7. The third-order valence-corrected chi connectivity index (χ3v) is 3.10. The first kappa shape index (κ1) is 15.2. The van der Waals surface area contributed by atoms with Gasteiger partial charge in [-0.25, -0.2) is 4.39 Å². The first-order valence-corrected chi connectivity index (χ1v) is 6.88. The van der Waals surface area contributed by atoms with Crippen molar-refractivity contribution in [3.8, 4) is 0 Å². The molecule has 1 aromatic carbocycles. The van der Waals surface area contributed by atoms with Gasteiger partial charge in [0.2, 0.25) is 0 Å². The number of carbonyl (C=O) groups excluding carboxylic acids is 1. The smallest absolute Gasteiger partial charge is 0.257 e. The normalized spacial score (nSPS) is 11.1. The minimum atomic E-state index is -0.474. The van der Waals surface area contributed by atoms with Crippen LogP contribution in [0.4, 0.5) is 4.39 Å². The molecule has 0 spiro atoms. The Kier molecular flexibility index (Phi) is 5.32. The first-order valence-electron chi connectivity index (χ1n) is 6.09. The average molecular weight is 316 g/mol. The fourth-order valence-corrected chi connectivity index (χ4v) is 2.10. The molecule has 18 heavy (non-hydrogen) atoms. The molecule has 0 N–H and O–H groups in total.